The van der Waals surface area contributed by atoms with Crippen molar-refractivity contribution >= 4 is 0 Å². The number of rotatable bonds is 15. The van der Waals surface area contributed by atoms with E-state index in [0.717, 1.165) is 12.8 Å². The van der Waals surface area contributed by atoms with Crippen LogP contribution in [0.1, 0.15) is 90.4 Å². The molecule has 0 amide bonds. The van der Waals surface area contributed by atoms with Crippen LogP contribution in [0.25, 0.3) is 10.4 Å². The Hall–Kier alpha value is -0.730. The van der Waals surface area contributed by atoms with Gasteiger partial charge < -0.3 is 5.11 Å². The molecule has 0 heterocycles. The molecule has 0 saturated carbocycles. The summed E-state index contributed by atoms with van der Waals surface area (Å²) in [5.74, 6) is 0. The molecule has 0 aliphatic carbocycles. The van der Waals surface area contributed by atoms with Crippen molar-refractivity contribution in [2.45, 2.75) is 96.4 Å². The molecule has 4 nitrogen and oxygen atoms in total. The maximum atomic E-state index is 8.97. The molecule has 0 aliphatic heterocycles. The summed E-state index contributed by atoms with van der Waals surface area (Å²) in [5, 5.41) is 12.5. The summed E-state index contributed by atoms with van der Waals surface area (Å²) < 4.78 is 0. The fourth-order valence-corrected chi connectivity index (χ4v) is 2.48. The van der Waals surface area contributed by atoms with Crippen molar-refractivity contribution in [3.8, 4) is 0 Å². The molecule has 118 valence electrons. The van der Waals surface area contributed by atoms with Crippen LogP contribution >= 0.6 is 0 Å². The maximum absolute atomic E-state index is 8.97. The van der Waals surface area contributed by atoms with Gasteiger partial charge in [0.05, 0.1) is 12.6 Å². The first-order chi connectivity index (χ1) is 9.85. The molecule has 0 aliphatic rings. The lowest BCUT2D eigenvalue weighted by Gasteiger charge is -2.06. The molecule has 0 unspecified atom stereocenters. The highest BCUT2D eigenvalue weighted by Crippen LogP contribution is 2.13. The zero-order valence-corrected chi connectivity index (χ0v) is 13.3. The second-order valence-corrected chi connectivity index (χ2v) is 5.72. The van der Waals surface area contributed by atoms with Gasteiger partial charge in [0.25, 0.3) is 0 Å². The number of hydrogen-bond acceptors (Lipinski definition) is 2. The predicted molar refractivity (Wildman–Crippen MR) is 85.7 cm³/mol. The van der Waals surface area contributed by atoms with Crippen LogP contribution in [-0.4, -0.2) is 17.8 Å². The fourth-order valence-electron chi connectivity index (χ4n) is 2.48. The van der Waals surface area contributed by atoms with Crippen LogP contribution < -0.4 is 0 Å². The Morgan fingerprint density at radius 1 is 0.850 bits per heavy atom. The molecular weight excluding hydrogens is 250 g/mol. The Bertz CT molecular complexity index is 240. The van der Waals surface area contributed by atoms with Crippen LogP contribution in [0.3, 0.4) is 0 Å². The molecule has 0 saturated heterocycles. The zero-order chi connectivity index (χ0) is 14.9. The van der Waals surface area contributed by atoms with E-state index in [1.54, 1.807) is 0 Å². The summed E-state index contributed by atoms with van der Waals surface area (Å²) in [7, 11) is 0. The topological polar surface area (TPSA) is 69.0 Å². The lowest BCUT2D eigenvalue weighted by atomic mass is 10.0. The summed E-state index contributed by atoms with van der Waals surface area (Å²) in [6, 6.07) is -0.219. The Kier molecular flexibility index (Phi) is 15.7. The first kappa shape index (κ1) is 19.3. The van der Waals surface area contributed by atoms with E-state index in [1.165, 1.54) is 70.6 Å². The molecule has 20 heavy (non-hydrogen) atoms. The molecule has 0 aromatic heterocycles. The number of aliphatic hydroxyl groups excluding tert-OH is 1. The van der Waals surface area contributed by atoms with Crippen LogP contribution in [0.4, 0.5) is 0 Å². The van der Waals surface area contributed by atoms with Crippen molar-refractivity contribution in [1.82, 2.24) is 0 Å². The minimum atomic E-state index is -0.219. The van der Waals surface area contributed by atoms with Gasteiger partial charge in [-0.25, -0.2) is 0 Å². The lowest BCUT2D eigenvalue weighted by molar-refractivity contribution is 0.257. The molecule has 0 radical (unpaired) electrons. The van der Waals surface area contributed by atoms with E-state index in [-0.39, 0.29) is 12.6 Å². The van der Waals surface area contributed by atoms with E-state index in [2.05, 4.69) is 16.9 Å². The Balaban J connectivity index is 3.14. The summed E-state index contributed by atoms with van der Waals surface area (Å²) >= 11 is 0. The third-order valence-corrected chi connectivity index (χ3v) is 3.82. The molecule has 1 N–H and O–H groups in total. The van der Waals surface area contributed by atoms with E-state index in [0.29, 0.717) is 0 Å². The highest BCUT2D eigenvalue weighted by atomic mass is 16.3. The Labute approximate surface area is 124 Å². The van der Waals surface area contributed by atoms with Gasteiger partial charge in [0.2, 0.25) is 0 Å². The standard InChI is InChI=1S/C16H33N3O/c1-2-3-4-5-6-7-8-9-10-11-12-13-14-16(15-20)18-19-17/h16,20H,2-15H2,1H3/t16-/m0/s1. The summed E-state index contributed by atoms with van der Waals surface area (Å²) in [4.78, 5) is 2.75. The van der Waals surface area contributed by atoms with Crippen molar-refractivity contribution in [2.75, 3.05) is 6.61 Å². The molecule has 0 spiro atoms. The number of hydrogen-bond donors (Lipinski definition) is 1. The first-order valence-electron chi connectivity index (χ1n) is 8.50. The molecule has 0 fully saturated rings. The van der Waals surface area contributed by atoms with Crippen molar-refractivity contribution < 1.29 is 5.11 Å². The molecule has 0 aromatic rings. The van der Waals surface area contributed by atoms with E-state index in [1.807, 2.05) is 0 Å². The van der Waals surface area contributed by atoms with Gasteiger partial charge in [0.15, 0.2) is 0 Å². The van der Waals surface area contributed by atoms with E-state index < -0.39 is 0 Å². The highest BCUT2D eigenvalue weighted by Gasteiger charge is 2.03. The van der Waals surface area contributed by atoms with Crippen LogP contribution in [0.2, 0.25) is 0 Å². The van der Waals surface area contributed by atoms with Gasteiger partial charge in [-0.2, -0.15) is 0 Å². The molecule has 0 bridgehead atoms. The molecule has 0 rings (SSSR count). The maximum Gasteiger partial charge on any atom is 0.0605 e. The lowest BCUT2D eigenvalue weighted by Crippen LogP contribution is -2.08. The van der Waals surface area contributed by atoms with Gasteiger partial charge in [-0.1, -0.05) is 89.1 Å². The Morgan fingerprint density at radius 2 is 1.30 bits per heavy atom. The number of azide groups is 1. The van der Waals surface area contributed by atoms with Crippen molar-refractivity contribution in [3.63, 3.8) is 0 Å². The molecule has 0 aromatic carbocycles. The average Bonchev–Trinajstić information content (AvgIpc) is 2.47. The fraction of sp³-hybridized carbons (Fsp3) is 1.00. The molecule has 4 heteroatoms. The van der Waals surface area contributed by atoms with Gasteiger partial charge in [0.1, 0.15) is 0 Å². The van der Waals surface area contributed by atoms with Gasteiger partial charge in [0, 0.05) is 4.91 Å². The number of nitrogens with zero attached hydrogens (tertiary/aromatic N) is 3. The minimum Gasteiger partial charge on any atom is -0.396 e. The first-order valence-corrected chi connectivity index (χ1v) is 8.50. The third-order valence-electron chi connectivity index (χ3n) is 3.82. The Morgan fingerprint density at radius 3 is 1.70 bits per heavy atom. The normalized spacial score (nSPS) is 12.1. The van der Waals surface area contributed by atoms with Crippen molar-refractivity contribution in [3.05, 3.63) is 10.4 Å². The zero-order valence-electron chi connectivity index (χ0n) is 13.3. The number of aliphatic hydroxyl groups is 1. The van der Waals surface area contributed by atoms with E-state index in [9.17, 15) is 0 Å². The quantitative estimate of drug-likeness (QED) is 0.177. The second-order valence-electron chi connectivity index (χ2n) is 5.72. The monoisotopic (exact) mass is 283 g/mol. The van der Waals surface area contributed by atoms with Gasteiger partial charge in [-0.3, -0.25) is 0 Å². The SMILES string of the molecule is CCCCCCCCCCCCCC[C@@H](CO)N=[N+]=[N-]. The van der Waals surface area contributed by atoms with Gasteiger partial charge in [-0.15, -0.1) is 0 Å². The van der Waals surface area contributed by atoms with Crippen LogP contribution in [-0.2, 0) is 0 Å². The molecule has 1 atom stereocenters. The van der Waals surface area contributed by atoms with E-state index in [4.69, 9.17) is 10.6 Å². The third kappa shape index (κ3) is 13.7. The summed E-state index contributed by atoms with van der Waals surface area (Å²) in [6.07, 6.45) is 16.7. The second kappa shape index (κ2) is 16.3. The van der Waals surface area contributed by atoms with Crippen molar-refractivity contribution in [1.29, 1.82) is 0 Å². The van der Waals surface area contributed by atoms with Gasteiger partial charge >= 0.3 is 0 Å². The smallest absolute Gasteiger partial charge is 0.0605 e. The summed E-state index contributed by atoms with van der Waals surface area (Å²) in [6.45, 7) is 2.23. The van der Waals surface area contributed by atoms with Crippen molar-refractivity contribution in [2.24, 2.45) is 5.11 Å². The van der Waals surface area contributed by atoms with Crippen LogP contribution in [0, 0.1) is 0 Å². The average molecular weight is 283 g/mol. The molecular formula is C16H33N3O. The summed E-state index contributed by atoms with van der Waals surface area (Å²) in [5.41, 5.74) is 8.31. The predicted octanol–water partition coefficient (Wildman–Crippen LogP) is 5.75. The largest absolute Gasteiger partial charge is 0.396 e. The minimum absolute atomic E-state index is 0.0257. The van der Waals surface area contributed by atoms with Crippen LogP contribution in [0.15, 0.2) is 5.11 Å². The van der Waals surface area contributed by atoms with Gasteiger partial charge in [-0.05, 0) is 12.0 Å². The van der Waals surface area contributed by atoms with E-state index >= 15 is 0 Å². The van der Waals surface area contributed by atoms with Crippen LogP contribution in [0.5, 0.6) is 0 Å². The highest BCUT2D eigenvalue weighted by molar-refractivity contribution is 4.65. The number of unbranched alkanes of at least 4 members (excludes halogenated alkanes) is 11.